The Kier molecular flexibility index (Phi) is 22.1. The van der Waals surface area contributed by atoms with Crippen molar-refractivity contribution in [3.63, 3.8) is 0 Å². The van der Waals surface area contributed by atoms with Crippen molar-refractivity contribution in [3.05, 3.63) is 84.0 Å². The van der Waals surface area contributed by atoms with Crippen LogP contribution in [-0.2, 0) is 51.1 Å². The van der Waals surface area contributed by atoms with E-state index in [4.69, 9.17) is 37.9 Å². The standard InChI is InChI=1S/2C27H37NO6S.CH4/c2*1-31-21-14-12-20(13-15-21)18-28-24(19-35-26(28)30)27(32-2)17-23-16-22(34-27)10-8-6-4-3-5-7-9-11-25(29)33-23;/h2*3-4,12-15,22-24H,5-11,16-19H2,1-2H3;1H4/b4-3+;4-3-;/t2*22-,23?,24+,27-;/m11./s1. The van der Waals surface area contributed by atoms with E-state index in [9.17, 15) is 19.2 Å². The van der Waals surface area contributed by atoms with E-state index in [1.54, 1.807) is 28.4 Å². The average Bonchev–Trinajstić information content (AvgIpc) is 3.93. The Balaban J connectivity index is 0.000000229. The molecule has 2 aromatic rings. The number of nitrogens with zero attached hydrogens (tertiary/aromatic N) is 2. The maximum absolute atomic E-state index is 12.9. The summed E-state index contributed by atoms with van der Waals surface area (Å²) in [5, 5.41) is 0.0163. The fraction of sp³-hybridized carbons (Fsp3) is 0.636. The second-order valence-corrected chi connectivity index (χ2v) is 21.0. The molecule has 0 aromatic heterocycles. The van der Waals surface area contributed by atoms with Gasteiger partial charge in [-0.15, -0.1) is 0 Å². The summed E-state index contributed by atoms with van der Waals surface area (Å²) < 4.78 is 47.9. The maximum Gasteiger partial charge on any atom is 0.306 e. The Labute approximate surface area is 430 Å². The maximum atomic E-state index is 12.9. The monoisotopic (exact) mass is 1020 g/mol. The van der Waals surface area contributed by atoms with Crippen LogP contribution in [0.5, 0.6) is 11.5 Å². The van der Waals surface area contributed by atoms with Crippen LogP contribution in [0.4, 0.5) is 9.59 Å². The van der Waals surface area contributed by atoms with E-state index in [-0.39, 0.29) is 66.3 Å². The number of carbonyl (C=O) groups excluding carboxylic acids is 4. The Hall–Kier alpha value is -4.06. The largest absolute Gasteiger partial charge is 0.497 e. The number of methoxy groups -OCH3 is 4. The number of ether oxygens (including phenoxy) is 8. The van der Waals surface area contributed by atoms with Gasteiger partial charge in [0.05, 0.1) is 38.5 Å². The molecule has 2 unspecified atom stereocenters. The molecule has 2 amide bonds. The minimum Gasteiger partial charge on any atom is -0.497 e. The van der Waals surface area contributed by atoms with Gasteiger partial charge < -0.3 is 47.7 Å². The van der Waals surface area contributed by atoms with Crippen LogP contribution in [0.3, 0.4) is 0 Å². The number of fused-ring (bicyclic) bond motifs is 4. The van der Waals surface area contributed by atoms with Crippen LogP contribution in [0.25, 0.3) is 0 Å². The van der Waals surface area contributed by atoms with Gasteiger partial charge in [0.2, 0.25) is 0 Å². The lowest BCUT2D eigenvalue weighted by Gasteiger charge is -2.48. The molecular weight excluding hydrogens is 945 g/mol. The van der Waals surface area contributed by atoms with E-state index < -0.39 is 11.6 Å². The zero-order valence-electron chi connectivity index (χ0n) is 41.6. The van der Waals surface area contributed by atoms with Gasteiger partial charge in [0.15, 0.2) is 11.6 Å². The summed E-state index contributed by atoms with van der Waals surface area (Å²) in [6, 6.07) is 14.9. The third-order valence-corrected chi connectivity index (χ3v) is 16.1. The number of benzene rings is 2. The molecule has 0 aliphatic carbocycles. The third kappa shape index (κ3) is 15.5. The first kappa shape index (κ1) is 56.2. The smallest absolute Gasteiger partial charge is 0.306 e. The molecule has 0 spiro atoms. The van der Waals surface area contributed by atoms with E-state index in [2.05, 4.69) is 24.3 Å². The van der Waals surface area contributed by atoms with Crippen LogP contribution in [-0.4, -0.2) is 120 Å². The van der Waals surface area contributed by atoms with Gasteiger partial charge in [-0.05, 0) is 112 Å². The molecular formula is C55H78N2O12S2. The lowest BCUT2D eigenvalue weighted by atomic mass is 9.90. The quantitative estimate of drug-likeness (QED) is 0.164. The summed E-state index contributed by atoms with van der Waals surface area (Å²) in [4.78, 5) is 54.8. The van der Waals surface area contributed by atoms with Crippen molar-refractivity contribution in [2.75, 3.05) is 39.9 Å². The molecule has 8 rings (SSSR count). The Morgan fingerprint density at radius 3 is 1.28 bits per heavy atom. The highest BCUT2D eigenvalue weighted by molar-refractivity contribution is 8.14. The molecule has 8 atom stereocenters. The highest BCUT2D eigenvalue weighted by Crippen LogP contribution is 2.45. The molecule has 0 radical (unpaired) electrons. The number of thioether (sulfide) groups is 2. The molecule has 6 heterocycles. The number of rotatable bonds is 10. The predicted octanol–water partition coefficient (Wildman–Crippen LogP) is 11.6. The number of carbonyl (C=O) groups is 4. The molecule has 6 aliphatic rings. The topological polar surface area (TPSA) is 149 Å². The van der Waals surface area contributed by atoms with E-state index in [1.165, 1.54) is 23.5 Å². The first-order valence-corrected chi connectivity index (χ1v) is 27.3. The number of hydrogen-bond acceptors (Lipinski definition) is 14. The highest BCUT2D eigenvalue weighted by atomic mass is 32.2. The van der Waals surface area contributed by atoms with Gasteiger partial charge in [0.1, 0.15) is 23.7 Å². The lowest BCUT2D eigenvalue weighted by Crippen LogP contribution is -2.60. The highest BCUT2D eigenvalue weighted by Gasteiger charge is 2.56. The summed E-state index contributed by atoms with van der Waals surface area (Å²) >= 11 is 2.58. The SMILES string of the molecule is C.COc1ccc(CN2C(=O)SC[C@H]2[C@@]2(OC)CC3C[C@@H](CCC/C=C/CCCCC(=O)O3)O2)cc1.COc1ccc(CN2C(=O)SC[C@H]2[C@@]2(OC)CC3C[C@@H](CCC/C=C\CCCCC(=O)O3)O2)cc1. The Morgan fingerprint density at radius 2 is 0.915 bits per heavy atom. The van der Waals surface area contributed by atoms with Gasteiger partial charge in [-0.1, -0.05) is 79.5 Å². The normalized spacial score (nSPS) is 31.0. The first-order chi connectivity index (χ1) is 34.1. The van der Waals surface area contributed by atoms with Gasteiger partial charge in [0.25, 0.3) is 10.5 Å². The Morgan fingerprint density at radius 1 is 0.535 bits per heavy atom. The van der Waals surface area contributed by atoms with E-state index in [0.29, 0.717) is 63.1 Å². The van der Waals surface area contributed by atoms with Crippen molar-refractivity contribution < 1.29 is 57.1 Å². The molecule has 0 saturated carbocycles. The van der Waals surface area contributed by atoms with Crippen LogP contribution in [0, 0.1) is 0 Å². The van der Waals surface area contributed by atoms with Crippen LogP contribution in [0.15, 0.2) is 72.8 Å². The first-order valence-electron chi connectivity index (χ1n) is 25.3. The minimum atomic E-state index is -1.02. The van der Waals surface area contributed by atoms with Crippen molar-refractivity contribution in [2.45, 2.75) is 184 Å². The zero-order chi connectivity index (χ0) is 49.4. The Bertz CT molecular complexity index is 1930. The summed E-state index contributed by atoms with van der Waals surface area (Å²) in [6.45, 7) is 0.907. The number of amides is 2. The molecule has 14 nitrogen and oxygen atoms in total. The van der Waals surface area contributed by atoms with Crippen molar-refractivity contribution in [1.29, 1.82) is 0 Å². The lowest BCUT2D eigenvalue weighted by molar-refractivity contribution is -0.306. The van der Waals surface area contributed by atoms with Crippen molar-refractivity contribution in [1.82, 2.24) is 9.80 Å². The molecule has 392 valence electrons. The third-order valence-electron chi connectivity index (χ3n) is 14.2. The van der Waals surface area contributed by atoms with Gasteiger partial charge in [0, 0.05) is 77.3 Å². The fourth-order valence-electron chi connectivity index (χ4n) is 10.4. The summed E-state index contributed by atoms with van der Waals surface area (Å²) in [5.74, 6) is 0.329. The average molecular weight is 1020 g/mol. The second kappa shape index (κ2) is 27.8. The van der Waals surface area contributed by atoms with E-state index >= 15 is 0 Å². The summed E-state index contributed by atoms with van der Waals surface area (Å²) in [5.41, 5.74) is 2.02. The van der Waals surface area contributed by atoms with E-state index in [0.717, 1.165) is 99.7 Å². The number of hydrogen-bond donors (Lipinski definition) is 0. The molecule has 4 saturated heterocycles. The summed E-state index contributed by atoms with van der Waals surface area (Å²) in [7, 11) is 6.55. The van der Waals surface area contributed by atoms with Crippen LogP contribution >= 0.6 is 23.5 Å². The van der Waals surface area contributed by atoms with Crippen LogP contribution in [0.1, 0.15) is 134 Å². The molecule has 0 N–H and O–H groups in total. The number of allylic oxidation sites excluding steroid dienone is 4. The predicted molar refractivity (Wildman–Crippen MR) is 277 cm³/mol. The van der Waals surface area contributed by atoms with Crippen molar-refractivity contribution in [3.8, 4) is 11.5 Å². The minimum absolute atomic E-state index is 0. The molecule has 16 heteroatoms. The molecule has 4 fully saturated rings. The second-order valence-electron chi connectivity index (χ2n) is 19.0. The zero-order valence-corrected chi connectivity index (χ0v) is 43.2. The number of esters is 2. The van der Waals surface area contributed by atoms with Crippen LogP contribution < -0.4 is 9.47 Å². The molecule has 6 aliphatic heterocycles. The molecule has 2 aromatic carbocycles. The van der Waals surface area contributed by atoms with Gasteiger partial charge in [-0.2, -0.15) is 0 Å². The van der Waals surface area contributed by atoms with E-state index in [1.807, 2.05) is 58.3 Å². The van der Waals surface area contributed by atoms with Gasteiger partial charge in [-0.3, -0.25) is 19.2 Å². The fourth-order valence-corrected chi connectivity index (χ4v) is 12.6. The van der Waals surface area contributed by atoms with Crippen LogP contribution in [0.2, 0.25) is 0 Å². The van der Waals surface area contributed by atoms with Gasteiger partial charge in [-0.25, -0.2) is 0 Å². The van der Waals surface area contributed by atoms with Crippen molar-refractivity contribution >= 4 is 45.9 Å². The molecule has 4 bridgehead atoms. The van der Waals surface area contributed by atoms with Gasteiger partial charge >= 0.3 is 11.9 Å². The van der Waals surface area contributed by atoms with Crippen molar-refractivity contribution in [2.24, 2.45) is 0 Å². The summed E-state index contributed by atoms with van der Waals surface area (Å²) in [6.07, 6.45) is 22.5. The molecule has 71 heavy (non-hydrogen) atoms.